The molecule has 0 saturated carbocycles. The largest absolute Gasteiger partial charge is 0.412 e. The van der Waals surface area contributed by atoms with Crippen LogP contribution in [0.4, 0.5) is 13.2 Å². The van der Waals surface area contributed by atoms with Gasteiger partial charge in [0.15, 0.2) is 0 Å². The van der Waals surface area contributed by atoms with Gasteiger partial charge in [0.25, 0.3) is 11.5 Å². The summed E-state index contributed by atoms with van der Waals surface area (Å²) >= 11 is 0. The van der Waals surface area contributed by atoms with Gasteiger partial charge in [-0.2, -0.15) is 13.2 Å². The van der Waals surface area contributed by atoms with Crippen molar-refractivity contribution in [2.75, 3.05) is 0 Å². The van der Waals surface area contributed by atoms with Crippen LogP contribution in [0.3, 0.4) is 0 Å². The number of rotatable bonds is 6. The SMILES string of the molecule is C=C(/C=C(\C)C(F)(F)F)c1cccnc1.CC.CC.CCn1cc(C(=O)NCc2ccc(C)cc2)ccc1=O. The summed E-state index contributed by atoms with van der Waals surface area (Å²) < 4.78 is 38.1. The van der Waals surface area contributed by atoms with Crippen LogP contribution in [-0.4, -0.2) is 21.6 Å². The van der Waals surface area contributed by atoms with E-state index in [1.165, 1.54) is 22.4 Å². The highest BCUT2D eigenvalue weighted by Gasteiger charge is 2.29. The van der Waals surface area contributed by atoms with Crippen LogP contribution in [0.25, 0.3) is 5.57 Å². The van der Waals surface area contributed by atoms with Crippen molar-refractivity contribution >= 4 is 11.5 Å². The lowest BCUT2D eigenvalue weighted by Crippen LogP contribution is -2.26. The van der Waals surface area contributed by atoms with E-state index in [0.29, 0.717) is 29.8 Å². The van der Waals surface area contributed by atoms with Crippen molar-refractivity contribution in [3.8, 4) is 0 Å². The second-order valence-electron chi connectivity index (χ2n) is 7.80. The molecule has 1 N–H and O–H groups in total. The quantitative estimate of drug-likeness (QED) is 0.323. The molecule has 0 saturated heterocycles. The number of aryl methyl sites for hydroxylation is 2. The van der Waals surface area contributed by atoms with Gasteiger partial charge in [0.2, 0.25) is 0 Å². The molecule has 3 rings (SSSR count). The van der Waals surface area contributed by atoms with Gasteiger partial charge in [0.1, 0.15) is 0 Å². The lowest BCUT2D eigenvalue weighted by atomic mass is 10.1. The molecule has 0 unspecified atom stereocenters. The highest BCUT2D eigenvalue weighted by molar-refractivity contribution is 5.93. The number of hydrogen-bond acceptors (Lipinski definition) is 3. The zero-order chi connectivity index (χ0) is 30.0. The van der Waals surface area contributed by atoms with Gasteiger partial charge in [-0.15, -0.1) is 0 Å². The first kappa shape index (κ1) is 35.1. The van der Waals surface area contributed by atoms with E-state index in [2.05, 4.69) is 16.9 Å². The van der Waals surface area contributed by atoms with Crippen LogP contribution in [-0.2, 0) is 13.1 Å². The molecular formula is C31H40F3N3O2. The molecule has 39 heavy (non-hydrogen) atoms. The third-order valence-corrected chi connectivity index (χ3v) is 5.03. The number of nitrogens with zero attached hydrogens (tertiary/aromatic N) is 2. The Morgan fingerprint density at radius 1 is 1.03 bits per heavy atom. The number of hydrogen-bond donors (Lipinski definition) is 1. The van der Waals surface area contributed by atoms with Crippen LogP contribution in [0.15, 0.2) is 90.1 Å². The van der Waals surface area contributed by atoms with E-state index in [1.807, 2.05) is 65.8 Å². The monoisotopic (exact) mass is 543 g/mol. The van der Waals surface area contributed by atoms with Gasteiger partial charge in [-0.3, -0.25) is 14.6 Å². The lowest BCUT2D eigenvalue weighted by Gasteiger charge is -2.07. The highest BCUT2D eigenvalue weighted by Crippen LogP contribution is 2.27. The second-order valence-corrected chi connectivity index (χ2v) is 7.80. The van der Waals surface area contributed by atoms with E-state index in [4.69, 9.17) is 0 Å². The minimum Gasteiger partial charge on any atom is -0.348 e. The van der Waals surface area contributed by atoms with E-state index in [0.717, 1.165) is 18.6 Å². The molecule has 0 fully saturated rings. The molecule has 0 aliphatic rings. The summed E-state index contributed by atoms with van der Waals surface area (Å²) in [5.74, 6) is -0.173. The van der Waals surface area contributed by atoms with Gasteiger partial charge in [-0.05, 0) is 55.7 Å². The van der Waals surface area contributed by atoms with Crippen molar-refractivity contribution in [1.82, 2.24) is 14.9 Å². The molecule has 2 aromatic heterocycles. The van der Waals surface area contributed by atoms with E-state index in [9.17, 15) is 22.8 Å². The molecule has 0 spiro atoms. The molecule has 2 heterocycles. The fourth-order valence-corrected chi connectivity index (χ4v) is 2.88. The molecule has 0 atom stereocenters. The molecule has 0 aliphatic heterocycles. The second kappa shape index (κ2) is 18.3. The Kier molecular flexibility index (Phi) is 16.5. The molecule has 3 aromatic rings. The van der Waals surface area contributed by atoms with Crippen LogP contribution in [0, 0.1) is 6.92 Å². The summed E-state index contributed by atoms with van der Waals surface area (Å²) in [5, 5.41) is 2.85. The first-order valence-corrected chi connectivity index (χ1v) is 12.9. The third-order valence-electron chi connectivity index (χ3n) is 5.03. The Hall–Kier alpha value is -3.94. The third kappa shape index (κ3) is 12.9. The zero-order valence-corrected chi connectivity index (χ0v) is 23.9. The maximum Gasteiger partial charge on any atom is 0.412 e. The molecular weight excluding hydrogens is 503 g/mol. The Labute approximate surface area is 230 Å². The minimum atomic E-state index is -4.30. The number of benzene rings is 1. The number of allylic oxidation sites excluding steroid dienone is 3. The van der Waals surface area contributed by atoms with Crippen molar-refractivity contribution in [2.24, 2.45) is 0 Å². The number of carbonyl (C=O) groups is 1. The predicted molar refractivity (Wildman–Crippen MR) is 155 cm³/mol. The summed E-state index contributed by atoms with van der Waals surface area (Å²) in [6, 6.07) is 14.3. The van der Waals surface area contributed by atoms with Gasteiger partial charge in [-0.25, -0.2) is 0 Å². The van der Waals surface area contributed by atoms with Crippen molar-refractivity contribution in [3.05, 3.63) is 118 Å². The minimum absolute atomic E-state index is 0.0948. The Bertz CT molecular complexity index is 1230. The number of nitrogens with one attached hydrogen (secondary N) is 1. The van der Waals surface area contributed by atoms with Gasteiger partial charge in [-0.1, -0.05) is 70.2 Å². The summed E-state index contributed by atoms with van der Waals surface area (Å²) in [6.45, 7) is 17.5. The topological polar surface area (TPSA) is 64.0 Å². The standard InChI is InChI=1S/C16H18N2O2.C11H10F3N.2C2H6/c1-3-18-11-14(8-9-15(18)19)16(20)17-10-13-6-4-12(2)5-7-13;1-8(6-9(2)11(12,13)14)10-4-3-5-15-7-10;2*1-2/h4-9,11H,3,10H2,1-2H3,(H,17,20);3-7H,1H2,2H3;2*1-2H3/b;9-6+;;. The predicted octanol–water partition coefficient (Wildman–Crippen LogP) is 7.76. The van der Waals surface area contributed by atoms with E-state index in [1.54, 1.807) is 30.6 Å². The number of halogens is 3. The summed E-state index contributed by atoms with van der Waals surface area (Å²) in [7, 11) is 0. The smallest absolute Gasteiger partial charge is 0.348 e. The fourth-order valence-electron chi connectivity index (χ4n) is 2.88. The molecule has 1 aromatic carbocycles. The van der Waals surface area contributed by atoms with Crippen LogP contribution >= 0.6 is 0 Å². The van der Waals surface area contributed by atoms with Gasteiger partial charge in [0, 0.05) is 43.3 Å². The average Bonchev–Trinajstić information content (AvgIpc) is 2.95. The molecule has 0 aliphatic carbocycles. The maximum absolute atomic E-state index is 12.2. The van der Waals surface area contributed by atoms with Crippen molar-refractivity contribution in [1.29, 1.82) is 0 Å². The molecule has 1 amide bonds. The highest BCUT2D eigenvalue weighted by atomic mass is 19.4. The molecule has 0 bridgehead atoms. The average molecular weight is 544 g/mol. The van der Waals surface area contributed by atoms with E-state index < -0.39 is 11.7 Å². The van der Waals surface area contributed by atoms with Crippen LogP contribution in [0.1, 0.15) is 68.6 Å². The first-order valence-electron chi connectivity index (χ1n) is 12.9. The lowest BCUT2D eigenvalue weighted by molar-refractivity contribution is -0.0912. The number of carbonyl (C=O) groups excluding carboxylic acids is 1. The van der Waals surface area contributed by atoms with Gasteiger partial charge >= 0.3 is 6.18 Å². The zero-order valence-electron chi connectivity index (χ0n) is 23.9. The van der Waals surface area contributed by atoms with Crippen molar-refractivity contribution in [2.45, 2.75) is 67.7 Å². The normalized spacial score (nSPS) is 10.5. The Balaban J connectivity index is 0.000000678. The summed E-state index contributed by atoms with van der Waals surface area (Å²) in [4.78, 5) is 27.3. The van der Waals surface area contributed by atoms with Crippen LogP contribution in [0.5, 0.6) is 0 Å². The van der Waals surface area contributed by atoms with Crippen molar-refractivity contribution < 1.29 is 18.0 Å². The molecule has 0 radical (unpaired) electrons. The number of alkyl halides is 3. The number of aromatic nitrogens is 2. The Morgan fingerprint density at radius 2 is 1.64 bits per heavy atom. The summed E-state index contributed by atoms with van der Waals surface area (Å²) in [6.07, 6.45) is 1.33. The van der Waals surface area contributed by atoms with Crippen molar-refractivity contribution in [3.63, 3.8) is 0 Å². The van der Waals surface area contributed by atoms with E-state index in [-0.39, 0.29) is 11.5 Å². The summed E-state index contributed by atoms with van der Waals surface area (Å²) in [5.41, 5.74) is 2.86. The van der Waals surface area contributed by atoms with E-state index >= 15 is 0 Å². The molecule has 8 heteroatoms. The number of amides is 1. The van der Waals surface area contributed by atoms with Gasteiger partial charge < -0.3 is 9.88 Å². The molecule has 212 valence electrons. The van der Waals surface area contributed by atoms with Crippen LogP contribution in [0.2, 0.25) is 0 Å². The number of pyridine rings is 2. The van der Waals surface area contributed by atoms with Crippen LogP contribution < -0.4 is 10.9 Å². The molecule has 5 nitrogen and oxygen atoms in total. The maximum atomic E-state index is 12.2. The van der Waals surface area contributed by atoms with Gasteiger partial charge in [0.05, 0.1) is 5.56 Å². The fraction of sp³-hybridized carbons (Fsp3) is 0.323. The first-order chi connectivity index (χ1) is 18.5. The Morgan fingerprint density at radius 3 is 2.15 bits per heavy atom.